The van der Waals surface area contributed by atoms with Gasteiger partial charge in [0.05, 0.1) is 12.1 Å². The number of likely N-dealkylation sites (N-methyl/N-ethyl adjacent to an activating group) is 1. The predicted molar refractivity (Wildman–Crippen MR) is 87.0 cm³/mol. The van der Waals surface area contributed by atoms with Gasteiger partial charge in [-0.2, -0.15) is 0 Å². The highest BCUT2D eigenvalue weighted by atomic mass is 16.3. The smallest absolute Gasteiger partial charge is 0.0628 e. The van der Waals surface area contributed by atoms with Crippen LogP contribution in [0.5, 0.6) is 0 Å². The third-order valence-corrected chi connectivity index (χ3v) is 4.84. The Hall–Kier alpha value is -0.120. The largest absolute Gasteiger partial charge is 0.394 e. The molecule has 0 amide bonds. The number of hydrogen-bond donors (Lipinski definition) is 2. The monoisotopic (exact) mass is 284 g/mol. The fourth-order valence-electron chi connectivity index (χ4n) is 3.34. The van der Waals surface area contributed by atoms with E-state index in [-0.39, 0.29) is 12.1 Å². The van der Waals surface area contributed by atoms with Crippen LogP contribution >= 0.6 is 0 Å². The lowest BCUT2D eigenvalue weighted by atomic mass is 9.91. The van der Waals surface area contributed by atoms with Crippen LogP contribution in [-0.2, 0) is 0 Å². The maximum Gasteiger partial charge on any atom is 0.0628 e. The number of nitrogens with zero attached hydrogens (tertiary/aromatic N) is 1. The lowest BCUT2D eigenvalue weighted by Gasteiger charge is -2.40. The molecule has 0 aromatic heterocycles. The molecule has 0 saturated heterocycles. The Kier molecular flexibility index (Phi) is 7.49. The van der Waals surface area contributed by atoms with E-state index in [1.807, 2.05) is 0 Å². The molecule has 0 spiro atoms. The van der Waals surface area contributed by atoms with Crippen molar-refractivity contribution < 1.29 is 5.11 Å². The van der Waals surface area contributed by atoms with Gasteiger partial charge in [0.2, 0.25) is 0 Å². The van der Waals surface area contributed by atoms with Gasteiger partial charge in [0.25, 0.3) is 0 Å². The van der Waals surface area contributed by atoms with Crippen molar-refractivity contribution in [2.45, 2.75) is 71.9 Å². The standard InChI is InChI=1S/C17H36N2O/c1-6-15(7-2)11-19(8-3)12-17(13-20,16-9-10-16)18-14(4)5/h14-16,18,20H,6-13H2,1-5H3. The minimum Gasteiger partial charge on any atom is -0.394 e. The summed E-state index contributed by atoms with van der Waals surface area (Å²) in [4.78, 5) is 2.54. The van der Waals surface area contributed by atoms with Crippen LogP contribution in [0.2, 0.25) is 0 Å². The minimum absolute atomic E-state index is 0.0871. The van der Waals surface area contributed by atoms with Crippen molar-refractivity contribution in [3.8, 4) is 0 Å². The van der Waals surface area contributed by atoms with Crippen molar-refractivity contribution in [2.75, 3.05) is 26.2 Å². The summed E-state index contributed by atoms with van der Waals surface area (Å²) < 4.78 is 0. The molecule has 0 heterocycles. The number of aliphatic hydroxyl groups is 1. The Morgan fingerprint density at radius 3 is 2.15 bits per heavy atom. The van der Waals surface area contributed by atoms with E-state index in [0.717, 1.165) is 25.6 Å². The SMILES string of the molecule is CCC(CC)CN(CC)CC(CO)(NC(C)C)C1CC1. The van der Waals surface area contributed by atoms with Crippen LogP contribution in [0.1, 0.15) is 60.3 Å². The van der Waals surface area contributed by atoms with Gasteiger partial charge in [0, 0.05) is 19.1 Å². The highest BCUT2D eigenvalue weighted by molar-refractivity contribution is 5.03. The molecule has 1 fully saturated rings. The molecule has 1 atom stereocenters. The lowest BCUT2D eigenvalue weighted by molar-refractivity contribution is 0.0779. The Morgan fingerprint density at radius 2 is 1.80 bits per heavy atom. The molecule has 0 radical (unpaired) electrons. The summed E-state index contributed by atoms with van der Waals surface area (Å²) in [6.45, 7) is 14.7. The molecule has 0 aromatic rings. The average Bonchev–Trinajstić information content (AvgIpc) is 3.26. The highest BCUT2D eigenvalue weighted by Gasteiger charge is 2.45. The molecule has 1 saturated carbocycles. The van der Waals surface area contributed by atoms with Crippen molar-refractivity contribution in [2.24, 2.45) is 11.8 Å². The van der Waals surface area contributed by atoms with Gasteiger partial charge < -0.3 is 15.3 Å². The summed E-state index contributed by atoms with van der Waals surface area (Å²) in [7, 11) is 0. The second kappa shape index (κ2) is 8.35. The topological polar surface area (TPSA) is 35.5 Å². The normalized spacial score (nSPS) is 19.1. The summed E-state index contributed by atoms with van der Waals surface area (Å²) in [5, 5.41) is 13.7. The second-order valence-corrected chi connectivity index (χ2v) is 6.90. The summed E-state index contributed by atoms with van der Waals surface area (Å²) in [5.74, 6) is 1.44. The van der Waals surface area contributed by atoms with Crippen molar-refractivity contribution in [3.63, 3.8) is 0 Å². The van der Waals surface area contributed by atoms with E-state index in [0.29, 0.717) is 12.0 Å². The van der Waals surface area contributed by atoms with E-state index in [9.17, 15) is 5.11 Å². The summed E-state index contributed by atoms with van der Waals surface area (Å²) in [6, 6.07) is 0.426. The van der Waals surface area contributed by atoms with Gasteiger partial charge in [-0.3, -0.25) is 0 Å². The summed E-state index contributed by atoms with van der Waals surface area (Å²) in [5.41, 5.74) is -0.0871. The van der Waals surface area contributed by atoms with Crippen LogP contribution < -0.4 is 5.32 Å². The molecule has 3 heteroatoms. The zero-order chi connectivity index (χ0) is 15.2. The lowest BCUT2D eigenvalue weighted by Crippen LogP contribution is -2.60. The Morgan fingerprint density at radius 1 is 1.20 bits per heavy atom. The van der Waals surface area contributed by atoms with Gasteiger partial charge in [0.15, 0.2) is 0 Å². The Labute approximate surface area is 126 Å². The molecule has 1 aliphatic rings. The molecule has 0 aliphatic heterocycles. The maximum absolute atomic E-state index is 10.0. The van der Waals surface area contributed by atoms with Crippen LogP contribution in [0, 0.1) is 11.8 Å². The van der Waals surface area contributed by atoms with Crippen LogP contribution in [0.25, 0.3) is 0 Å². The molecular formula is C17H36N2O. The molecule has 1 aliphatic carbocycles. The Bertz CT molecular complexity index is 262. The van der Waals surface area contributed by atoms with Gasteiger partial charge in [-0.1, -0.05) is 47.5 Å². The predicted octanol–water partition coefficient (Wildman–Crippen LogP) is 2.88. The fourth-order valence-corrected chi connectivity index (χ4v) is 3.34. The molecule has 1 rings (SSSR count). The van der Waals surface area contributed by atoms with Gasteiger partial charge in [0.1, 0.15) is 0 Å². The molecule has 1 unspecified atom stereocenters. The third-order valence-electron chi connectivity index (χ3n) is 4.84. The summed E-state index contributed by atoms with van der Waals surface area (Å²) >= 11 is 0. The van der Waals surface area contributed by atoms with Crippen molar-refractivity contribution in [1.82, 2.24) is 10.2 Å². The molecule has 2 N–H and O–H groups in total. The molecule has 0 bridgehead atoms. The van der Waals surface area contributed by atoms with Gasteiger partial charge in [-0.15, -0.1) is 0 Å². The quantitative estimate of drug-likeness (QED) is 0.612. The average molecular weight is 284 g/mol. The van der Waals surface area contributed by atoms with Crippen LogP contribution in [0.4, 0.5) is 0 Å². The van der Waals surface area contributed by atoms with E-state index in [1.54, 1.807) is 0 Å². The van der Waals surface area contributed by atoms with Gasteiger partial charge >= 0.3 is 0 Å². The Balaban J connectivity index is 2.70. The van der Waals surface area contributed by atoms with Crippen LogP contribution in [-0.4, -0.2) is 47.8 Å². The van der Waals surface area contributed by atoms with Crippen molar-refractivity contribution >= 4 is 0 Å². The zero-order valence-electron chi connectivity index (χ0n) is 14.3. The third kappa shape index (κ3) is 5.01. The molecule has 20 heavy (non-hydrogen) atoms. The van der Waals surface area contributed by atoms with Crippen molar-refractivity contribution in [1.29, 1.82) is 0 Å². The molecular weight excluding hydrogens is 248 g/mol. The van der Waals surface area contributed by atoms with Gasteiger partial charge in [-0.05, 0) is 31.2 Å². The van der Waals surface area contributed by atoms with E-state index in [1.165, 1.54) is 25.7 Å². The number of nitrogens with one attached hydrogen (secondary N) is 1. The summed E-state index contributed by atoms with van der Waals surface area (Å²) in [6.07, 6.45) is 5.03. The van der Waals surface area contributed by atoms with Crippen LogP contribution in [0.15, 0.2) is 0 Å². The van der Waals surface area contributed by atoms with E-state index >= 15 is 0 Å². The zero-order valence-corrected chi connectivity index (χ0v) is 14.3. The highest BCUT2D eigenvalue weighted by Crippen LogP contribution is 2.40. The van der Waals surface area contributed by atoms with Crippen LogP contribution in [0.3, 0.4) is 0 Å². The number of hydrogen-bond acceptors (Lipinski definition) is 3. The minimum atomic E-state index is -0.0871. The fraction of sp³-hybridized carbons (Fsp3) is 1.00. The number of rotatable bonds is 11. The number of aliphatic hydroxyl groups excluding tert-OH is 1. The molecule has 3 nitrogen and oxygen atoms in total. The molecule has 0 aromatic carbocycles. The van der Waals surface area contributed by atoms with E-state index in [4.69, 9.17) is 0 Å². The van der Waals surface area contributed by atoms with E-state index in [2.05, 4.69) is 44.8 Å². The molecule has 120 valence electrons. The van der Waals surface area contributed by atoms with Gasteiger partial charge in [-0.25, -0.2) is 0 Å². The second-order valence-electron chi connectivity index (χ2n) is 6.90. The first-order valence-electron chi connectivity index (χ1n) is 8.62. The first-order valence-corrected chi connectivity index (χ1v) is 8.62. The first-order chi connectivity index (χ1) is 9.51. The maximum atomic E-state index is 10.0. The first kappa shape index (κ1) is 17.9. The van der Waals surface area contributed by atoms with E-state index < -0.39 is 0 Å². The van der Waals surface area contributed by atoms with Crippen molar-refractivity contribution in [3.05, 3.63) is 0 Å².